The van der Waals surface area contributed by atoms with Gasteiger partial charge in [0.1, 0.15) is 0 Å². The average molecular weight is 503 g/mol. The van der Waals surface area contributed by atoms with Crippen LogP contribution in [0.25, 0.3) is 0 Å². The van der Waals surface area contributed by atoms with E-state index in [4.69, 9.17) is 0 Å². The normalized spacial score (nSPS) is 11.9. The van der Waals surface area contributed by atoms with E-state index in [2.05, 4.69) is 59.3 Å². The Morgan fingerprint density at radius 1 is 0.609 bits per heavy atom. The van der Waals surface area contributed by atoms with Crippen LogP contribution in [0.2, 0.25) is 0 Å². The highest BCUT2D eigenvalue weighted by Gasteiger charge is 1.99. The Morgan fingerprint density at radius 3 is 1.26 bits per heavy atom. The van der Waals surface area contributed by atoms with Crippen molar-refractivity contribution in [1.82, 2.24) is 0 Å². The number of hydrogen-bond acceptors (Lipinski definition) is 0. The van der Waals surface area contributed by atoms with Gasteiger partial charge in [0.2, 0.25) is 0 Å². The van der Waals surface area contributed by atoms with Crippen LogP contribution >= 0.6 is 38.5 Å². The molecule has 0 amide bonds. The van der Waals surface area contributed by atoms with E-state index in [0.29, 0.717) is 0 Å². The van der Waals surface area contributed by atoms with E-state index >= 15 is 0 Å². The summed E-state index contributed by atoms with van der Waals surface area (Å²) in [5, 5.41) is 0. The van der Waals surface area contributed by atoms with E-state index in [-0.39, 0.29) is 0 Å². The van der Waals surface area contributed by atoms with E-state index in [0.717, 1.165) is 4.83 Å². The SMILES string of the molecule is CCCCCCCCCCCCCCCC(Br)CC.CCCI. The maximum atomic E-state index is 3.71. The molecule has 0 radical (unpaired) electrons. The molecule has 0 aliphatic carbocycles. The fraction of sp³-hybridized carbons (Fsp3) is 1.00. The van der Waals surface area contributed by atoms with Crippen molar-refractivity contribution in [2.24, 2.45) is 0 Å². The molecular formula is C21H44BrI. The van der Waals surface area contributed by atoms with Gasteiger partial charge in [-0.3, -0.25) is 0 Å². The van der Waals surface area contributed by atoms with Gasteiger partial charge in [-0.1, -0.05) is 143 Å². The number of halogens is 2. The minimum Gasteiger partial charge on any atom is -0.0891 e. The summed E-state index contributed by atoms with van der Waals surface area (Å²) in [6, 6.07) is 0. The fourth-order valence-electron chi connectivity index (χ4n) is 2.59. The lowest BCUT2D eigenvalue weighted by molar-refractivity contribution is 0.533. The predicted octanol–water partition coefficient (Wildman–Crippen LogP) is 9.47. The molecule has 0 fully saturated rings. The monoisotopic (exact) mass is 502 g/mol. The zero-order valence-electron chi connectivity index (χ0n) is 16.4. The summed E-state index contributed by atoms with van der Waals surface area (Å²) >= 11 is 6.06. The summed E-state index contributed by atoms with van der Waals surface area (Å²) < 4.78 is 1.29. The molecule has 23 heavy (non-hydrogen) atoms. The van der Waals surface area contributed by atoms with E-state index < -0.39 is 0 Å². The van der Waals surface area contributed by atoms with Gasteiger partial charge in [0, 0.05) is 4.83 Å². The Morgan fingerprint density at radius 2 is 0.957 bits per heavy atom. The molecule has 2 heteroatoms. The molecule has 0 aromatic heterocycles. The number of rotatable bonds is 16. The highest BCUT2D eigenvalue weighted by atomic mass is 127. The maximum absolute atomic E-state index is 3.71. The third-order valence-electron chi connectivity index (χ3n) is 4.25. The second kappa shape index (κ2) is 25.5. The largest absolute Gasteiger partial charge is 0.0891 e. The van der Waals surface area contributed by atoms with Crippen molar-refractivity contribution in [2.45, 2.75) is 128 Å². The molecule has 0 nitrogen and oxygen atoms in total. The van der Waals surface area contributed by atoms with Crippen molar-refractivity contribution in [3.63, 3.8) is 0 Å². The number of alkyl halides is 2. The molecule has 0 N–H and O–H groups in total. The first kappa shape index (κ1) is 26.4. The smallest absolute Gasteiger partial charge is 0.0143 e. The predicted molar refractivity (Wildman–Crippen MR) is 122 cm³/mol. The summed E-state index contributed by atoms with van der Waals surface area (Å²) in [6.45, 7) is 6.73. The van der Waals surface area contributed by atoms with Gasteiger partial charge in [-0.05, 0) is 23.7 Å². The second-order valence-corrected chi connectivity index (χ2v) is 9.10. The van der Waals surface area contributed by atoms with Crippen LogP contribution in [0.3, 0.4) is 0 Å². The molecule has 0 spiro atoms. The molecule has 0 aromatic carbocycles. The Labute approximate surface area is 170 Å². The van der Waals surface area contributed by atoms with Gasteiger partial charge in [-0.15, -0.1) is 0 Å². The summed E-state index contributed by atoms with van der Waals surface area (Å²) in [5.74, 6) is 0. The van der Waals surface area contributed by atoms with Gasteiger partial charge < -0.3 is 0 Å². The molecule has 1 atom stereocenters. The molecule has 0 aromatic rings. The maximum Gasteiger partial charge on any atom is 0.0143 e. The van der Waals surface area contributed by atoms with Gasteiger partial charge in [0.05, 0.1) is 0 Å². The molecule has 0 aliphatic rings. The zero-order chi connectivity index (χ0) is 17.6. The van der Waals surface area contributed by atoms with Crippen LogP contribution in [0, 0.1) is 0 Å². The second-order valence-electron chi connectivity index (χ2n) is 6.73. The van der Waals surface area contributed by atoms with Gasteiger partial charge in [-0.25, -0.2) is 0 Å². The topological polar surface area (TPSA) is 0 Å². The minimum atomic E-state index is 0.764. The molecular weight excluding hydrogens is 459 g/mol. The minimum absolute atomic E-state index is 0.764. The highest BCUT2D eigenvalue weighted by molar-refractivity contribution is 14.1. The van der Waals surface area contributed by atoms with Crippen molar-refractivity contribution in [2.75, 3.05) is 4.43 Å². The van der Waals surface area contributed by atoms with Gasteiger partial charge in [-0.2, -0.15) is 0 Å². The average Bonchev–Trinajstić information content (AvgIpc) is 2.58. The van der Waals surface area contributed by atoms with E-state index in [1.807, 2.05) is 0 Å². The molecule has 0 aliphatic heterocycles. The molecule has 142 valence electrons. The van der Waals surface area contributed by atoms with Crippen LogP contribution in [0.1, 0.15) is 124 Å². The first-order valence-corrected chi connectivity index (χ1v) is 12.9. The zero-order valence-corrected chi connectivity index (χ0v) is 20.1. The quantitative estimate of drug-likeness (QED) is 0.112. The van der Waals surface area contributed by atoms with E-state index in [1.54, 1.807) is 0 Å². The molecule has 0 saturated carbocycles. The van der Waals surface area contributed by atoms with Gasteiger partial charge >= 0.3 is 0 Å². The highest BCUT2D eigenvalue weighted by Crippen LogP contribution is 2.16. The summed E-state index contributed by atoms with van der Waals surface area (Å²) in [7, 11) is 0. The van der Waals surface area contributed by atoms with Crippen molar-refractivity contribution in [1.29, 1.82) is 0 Å². The van der Waals surface area contributed by atoms with E-state index in [1.165, 1.54) is 107 Å². The molecule has 0 saturated heterocycles. The summed E-state index contributed by atoms with van der Waals surface area (Å²) in [5.41, 5.74) is 0. The first-order chi connectivity index (χ1) is 11.2. The Hall–Kier alpha value is 1.21. The van der Waals surface area contributed by atoms with Crippen LogP contribution in [-0.4, -0.2) is 9.25 Å². The van der Waals surface area contributed by atoms with Crippen molar-refractivity contribution >= 4 is 38.5 Å². The molecule has 1 unspecified atom stereocenters. The molecule has 0 heterocycles. The summed E-state index contributed by atoms with van der Waals surface area (Å²) in [6.07, 6.45) is 22.9. The van der Waals surface area contributed by atoms with Crippen molar-refractivity contribution in [3.8, 4) is 0 Å². The Balaban J connectivity index is 0. The van der Waals surface area contributed by atoms with Gasteiger partial charge in [0.15, 0.2) is 0 Å². The van der Waals surface area contributed by atoms with Crippen LogP contribution in [0.5, 0.6) is 0 Å². The third kappa shape index (κ3) is 28.3. The van der Waals surface area contributed by atoms with Crippen molar-refractivity contribution in [3.05, 3.63) is 0 Å². The molecule has 0 rings (SSSR count). The fourth-order valence-corrected chi connectivity index (χ4v) is 2.91. The number of unbranched alkanes of at least 4 members (excludes halogenated alkanes) is 12. The lowest BCUT2D eigenvalue weighted by atomic mass is 10.0. The van der Waals surface area contributed by atoms with Crippen LogP contribution in [0.4, 0.5) is 0 Å². The summed E-state index contributed by atoms with van der Waals surface area (Å²) in [4.78, 5) is 0.764. The Kier molecular flexibility index (Phi) is 29.3. The van der Waals surface area contributed by atoms with Crippen molar-refractivity contribution < 1.29 is 0 Å². The standard InChI is InChI=1S/C18H37Br.C3H7I/c1-3-5-6-7-8-9-10-11-12-13-14-15-16-17-18(19)4-2;1-2-3-4/h18H,3-17H2,1-2H3;2-3H2,1H3. The van der Waals surface area contributed by atoms with Crippen LogP contribution < -0.4 is 0 Å². The van der Waals surface area contributed by atoms with Gasteiger partial charge in [0.25, 0.3) is 0 Å². The van der Waals surface area contributed by atoms with Crippen LogP contribution in [-0.2, 0) is 0 Å². The lowest BCUT2D eigenvalue weighted by Crippen LogP contribution is -1.94. The first-order valence-electron chi connectivity index (χ1n) is 10.4. The number of hydrogen-bond donors (Lipinski definition) is 0. The van der Waals surface area contributed by atoms with Crippen LogP contribution in [0.15, 0.2) is 0 Å². The lowest BCUT2D eigenvalue weighted by Gasteiger charge is -2.06. The molecule has 0 bridgehead atoms. The van der Waals surface area contributed by atoms with E-state index in [9.17, 15) is 0 Å². The third-order valence-corrected chi connectivity index (χ3v) is 6.44. The Bertz CT molecular complexity index is 183.